The molecular weight excluding hydrogens is 238 g/mol. The fourth-order valence-corrected chi connectivity index (χ4v) is 3.21. The first kappa shape index (κ1) is 11.7. The van der Waals surface area contributed by atoms with E-state index in [9.17, 15) is 0 Å². The highest BCUT2D eigenvalue weighted by Gasteiger charge is 2.11. The summed E-state index contributed by atoms with van der Waals surface area (Å²) in [6.45, 7) is 2.02. The van der Waals surface area contributed by atoms with Gasteiger partial charge in [0.2, 0.25) is 0 Å². The standard InChI is InChI=1S/C11H15N3S2/c1-8-7-16-11(13-8)6-9(14-12)5-10-3-2-4-15-10/h2-4,7,9,14H,5-6,12H2,1H3. The van der Waals surface area contributed by atoms with Gasteiger partial charge in [-0.25, -0.2) is 4.98 Å². The molecule has 0 saturated carbocycles. The number of hydrazine groups is 1. The van der Waals surface area contributed by atoms with Gasteiger partial charge < -0.3 is 0 Å². The molecule has 2 rings (SSSR count). The third-order valence-corrected chi connectivity index (χ3v) is 4.24. The first-order valence-electron chi connectivity index (χ1n) is 5.17. The summed E-state index contributed by atoms with van der Waals surface area (Å²) in [5.41, 5.74) is 3.96. The van der Waals surface area contributed by atoms with Gasteiger partial charge in [0.15, 0.2) is 0 Å². The Morgan fingerprint density at radius 3 is 2.88 bits per heavy atom. The zero-order chi connectivity index (χ0) is 11.4. The zero-order valence-corrected chi connectivity index (χ0v) is 10.8. The van der Waals surface area contributed by atoms with Gasteiger partial charge in [-0.05, 0) is 24.8 Å². The van der Waals surface area contributed by atoms with Crippen molar-refractivity contribution in [3.63, 3.8) is 0 Å². The van der Waals surface area contributed by atoms with Crippen molar-refractivity contribution in [2.24, 2.45) is 5.84 Å². The third kappa shape index (κ3) is 3.12. The predicted octanol–water partition coefficient (Wildman–Crippen LogP) is 2.13. The molecule has 16 heavy (non-hydrogen) atoms. The lowest BCUT2D eigenvalue weighted by Crippen LogP contribution is -2.38. The monoisotopic (exact) mass is 253 g/mol. The number of thiazole rings is 1. The van der Waals surface area contributed by atoms with Crippen molar-refractivity contribution in [2.75, 3.05) is 0 Å². The van der Waals surface area contributed by atoms with E-state index in [1.165, 1.54) is 4.88 Å². The minimum Gasteiger partial charge on any atom is -0.271 e. The van der Waals surface area contributed by atoms with Gasteiger partial charge in [0.1, 0.15) is 0 Å². The summed E-state index contributed by atoms with van der Waals surface area (Å²) < 4.78 is 0. The highest BCUT2D eigenvalue weighted by molar-refractivity contribution is 7.10. The Morgan fingerprint density at radius 2 is 2.31 bits per heavy atom. The van der Waals surface area contributed by atoms with Crippen molar-refractivity contribution in [2.45, 2.75) is 25.8 Å². The maximum atomic E-state index is 5.58. The van der Waals surface area contributed by atoms with Crippen LogP contribution in [0.3, 0.4) is 0 Å². The Bertz CT molecular complexity index is 422. The number of aryl methyl sites for hydroxylation is 1. The van der Waals surface area contributed by atoms with Crippen molar-refractivity contribution in [1.29, 1.82) is 0 Å². The van der Waals surface area contributed by atoms with Crippen molar-refractivity contribution < 1.29 is 0 Å². The van der Waals surface area contributed by atoms with Gasteiger partial charge in [-0.3, -0.25) is 11.3 Å². The third-order valence-electron chi connectivity index (χ3n) is 2.35. The van der Waals surface area contributed by atoms with E-state index in [1.807, 2.05) is 6.92 Å². The number of hydrogen-bond acceptors (Lipinski definition) is 5. The second kappa shape index (κ2) is 5.54. The molecule has 0 aliphatic rings. The van der Waals surface area contributed by atoms with E-state index in [0.29, 0.717) is 0 Å². The van der Waals surface area contributed by atoms with Gasteiger partial charge in [0.05, 0.1) is 5.01 Å². The summed E-state index contributed by atoms with van der Waals surface area (Å²) in [5.74, 6) is 5.58. The van der Waals surface area contributed by atoms with E-state index in [4.69, 9.17) is 5.84 Å². The summed E-state index contributed by atoms with van der Waals surface area (Å²) in [6, 6.07) is 4.48. The number of nitrogens with two attached hydrogens (primary N) is 1. The molecule has 2 aromatic rings. The molecule has 0 amide bonds. The normalized spacial score (nSPS) is 12.9. The van der Waals surface area contributed by atoms with Crippen LogP contribution in [0.5, 0.6) is 0 Å². The first-order valence-corrected chi connectivity index (χ1v) is 6.93. The largest absolute Gasteiger partial charge is 0.271 e. The van der Waals surface area contributed by atoms with Gasteiger partial charge in [-0.15, -0.1) is 22.7 Å². The highest BCUT2D eigenvalue weighted by atomic mass is 32.1. The topological polar surface area (TPSA) is 50.9 Å². The Balaban J connectivity index is 1.95. The molecule has 0 fully saturated rings. The molecule has 3 N–H and O–H groups in total. The van der Waals surface area contributed by atoms with Crippen LogP contribution in [0.2, 0.25) is 0 Å². The SMILES string of the molecule is Cc1csc(CC(Cc2cccs2)NN)n1. The molecule has 0 saturated heterocycles. The van der Waals surface area contributed by atoms with Crippen LogP contribution < -0.4 is 11.3 Å². The fourth-order valence-electron chi connectivity index (χ4n) is 1.57. The molecule has 0 spiro atoms. The average Bonchev–Trinajstić information content (AvgIpc) is 2.89. The molecule has 2 heterocycles. The quantitative estimate of drug-likeness (QED) is 0.634. The van der Waals surface area contributed by atoms with E-state index in [0.717, 1.165) is 23.5 Å². The van der Waals surface area contributed by atoms with E-state index in [2.05, 4.69) is 33.3 Å². The molecule has 1 atom stereocenters. The van der Waals surface area contributed by atoms with E-state index in [-0.39, 0.29) is 6.04 Å². The molecule has 1 unspecified atom stereocenters. The Morgan fingerprint density at radius 1 is 1.44 bits per heavy atom. The van der Waals surface area contributed by atoms with Gasteiger partial charge in [-0.2, -0.15) is 0 Å². The maximum Gasteiger partial charge on any atom is 0.0944 e. The van der Waals surface area contributed by atoms with E-state index >= 15 is 0 Å². The van der Waals surface area contributed by atoms with Crippen LogP contribution >= 0.6 is 22.7 Å². The van der Waals surface area contributed by atoms with Crippen LogP contribution in [0.1, 0.15) is 15.6 Å². The van der Waals surface area contributed by atoms with Gasteiger partial charge in [0.25, 0.3) is 0 Å². The molecule has 0 aliphatic carbocycles. The molecule has 0 bridgehead atoms. The zero-order valence-electron chi connectivity index (χ0n) is 9.14. The molecule has 3 nitrogen and oxygen atoms in total. The Labute approximate surface area is 103 Å². The van der Waals surface area contributed by atoms with Crippen LogP contribution in [0, 0.1) is 6.92 Å². The molecule has 5 heteroatoms. The van der Waals surface area contributed by atoms with Crippen LogP contribution in [0.25, 0.3) is 0 Å². The smallest absolute Gasteiger partial charge is 0.0944 e. The van der Waals surface area contributed by atoms with Crippen LogP contribution in [0.4, 0.5) is 0 Å². The lowest BCUT2D eigenvalue weighted by atomic mass is 10.1. The van der Waals surface area contributed by atoms with E-state index < -0.39 is 0 Å². The molecule has 2 aromatic heterocycles. The molecule has 0 aromatic carbocycles. The van der Waals surface area contributed by atoms with Crippen molar-refractivity contribution in [3.05, 3.63) is 38.5 Å². The summed E-state index contributed by atoms with van der Waals surface area (Å²) in [7, 11) is 0. The van der Waals surface area contributed by atoms with Gasteiger partial charge >= 0.3 is 0 Å². The van der Waals surface area contributed by atoms with Crippen molar-refractivity contribution >= 4 is 22.7 Å². The molecular formula is C11H15N3S2. The summed E-state index contributed by atoms with van der Waals surface area (Å²) in [4.78, 5) is 5.81. The van der Waals surface area contributed by atoms with Crippen molar-refractivity contribution in [3.8, 4) is 0 Å². The van der Waals surface area contributed by atoms with Crippen LogP contribution in [-0.2, 0) is 12.8 Å². The summed E-state index contributed by atoms with van der Waals surface area (Å²) in [6.07, 6.45) is 1.86. The van der Waals surface area contributed by atoms with Crippen LogP contribution in [0.15, 0.2) is 22.9 Å². The molecule has 0 radical (unpaired) electrons. The lowest BCUT2D eigenvalue weighted by Gasteiger charge is -2.12. The minimum atomic E-state index is 0.268. The summed E-state index contributed by atoms with van der Waals surface area (Å²) >= 11 is 3.47. The van der Waals surface area contributed by atoms with Crippen LogP contribution in [-0.4, -0.2) is 11.0 Å². The first-order chi connectivity index (χ1) is 7.78. The molecule has 0 aliphatic heterocycles. The maximum absolute atomic E-state index is 5.58. The lowest BCUT2D eigenvalue weighted by molar-refractivity contribution is 0.524. The number of hydrogen-bond donors (Lipinski definition) is 2. The average molecular weight is 253 g/mol. The minimum absolute atomic E-state index is 0.268. The number of thiophene rings is 1. The Kier molecular flexibility index (Phi) is 4.06. The fraction of sp³-hybridized carbons (Fsp3) is 0.364. The summed E-state index contributed by atoms with van der Waals surface area (Å²) in [5, 5.41) is 5.32. The number of nitrogens with zero attached hydrogens (tertiary/aromatic N) is 1. The van der Waals surface area contributed by atoms with Gasteiger partial charge in [-0.1, -0.05) is 6.07 Å². The number of nitrogens with one attached hydrogen (secondary N) is 1. The Hall–Kier alpha value is -0.750. The number of aromatic nitrogens is 1. The second-order valence-electron chi connectivity index (χ2n) is 3.73. The van der Waals surface area contributed by atoms with Gasteiger partial charge in [0, 0.05) is 28.4 Å². The predicted molar refractivity (Wildman–Crippen MR) is 69.7 cm³/mol. The second-order valence-corrected chi connectivity index (χ2v) is 5.71. The highest BCUT2D eigenvalue weighted by Crippen LogP contribution is 2.15. The number of rotatable bonds is 5. The van der Waals surface area contributed by atoms with E-state index in [1.54, 1.807) is 22.7 Å². The van der Waals surface area contributed by atoms with Crippen molar-refractivity contribution in [1.82, 2.24) is 10.4 Å². The molecule has 86 valence electrons.